The number of hydrogen-bond acceptors (Lipinski definition) is 7. The molecule has 3 rings (SSSR count). The molecule has 2 aliphatic rings. The van der Waals surface area contributed by atoms with Gasteiger partial charge >= 0.3 is 0 Å². The molecule has 3 atom stereocenters. The molecule has 146 valence electrons. The van der Waals surface area contributed by atoms with Gasteiger partial charge in [0, 0.05) is 18.8 Å². The number of nitrogens with zero attached hydrogens (tertiary/aromatic N) is 2. The second-order valence-electron chi connectivity index (χ2n) is 7.10. The molecule has 0 spiro atoms. The number of allylic oxidation sites excluding steroid dienone is 2. The van der Waals surface area contributed by atoms with Gasteiger partial charge in [0.05, 0.1) is 18.8 Å². The van der Waals surface area contributed by atoms with Crippen LogP contribution in [0.2, 0.25) is 0 Å². The largest absolute Gasteiger partial charge is 0.391 e. The average molecular weight is 390 g/mol. The Hall–Kier alpha value is -1.56. The van der Waals surface area contributed by atoms with Gasteiger partial charge < -0.3 is 19.8 Å². The lowest BCUT2D eigenvalue weighted by atomic mass is 10.1. The number of anilines is 1. The lowest BCUT2D eigenvalue weighted by Gasteiger charge is -2.31. The molecule has 0 amide bonds. The van der Waals surface area contributed by atoms with Gasteiger partial charge in [-0.25, -0.2) is 0 Å². The van der Waals surface area contributed by atoms with Gasteiger partial charge in [-0.05, 0) is 67.8 Å². The Morgan fingerprint density at radius 3 is 2.59 bits per heavy atom. The van der Waals surface area contributed by atoms with E-state index in [9.17, 15) is 15.5 Å². The van der Waals surface area contributed by atoms with Crippen molar-refractivity contribution in [2.45, 2.75) is 51.0 Å². The fourth-order valence-electron chi connectivity index (χ4n) is 3.43. The topological polar surface area (TPSA) is 88.8 Å². The molecule has 3 N–H and O–H groups in total. The predicted octanol–water partition coefficient (Wildman–Crippen LogP) is 2.64. The van der Waals surface area contributed by atoms with Gasteiger partial charge in [0.2, 0.25) is 0 Å². The minimum atomic E-state index is -0.982. The number of ether oxygens (including phenoxy) is 1. The molecule has 27 heavy (non-hydrogen) atoms. The number of aliphatic hydroxyl groups excluding tert-OH is 2. The van der Waals surface area contributed by atoms with Crippen molar-refractivity contribution >= 4 is 23.2 Å². The lowest BCUT2D eigenvalue weighted by molar-refractivity contribution is -0.168. The van der Waals surface area contributed by atoms with Gasteiger partial charge in [0.1, 0.15) is 11.0 Å². The van der Waals surface area contributed by atoms with E-state index in [0.29, 0.717) is 11.3 Å². The van der Waals surface area contributed by atoms with Crippen molar-refractivity contribution in [2.24, 2.45) is 0 Å². The summed E-state index contributed by atoms with van der Waals surface area (Å²) < 4.78 is 8.17. The van der Waals surface area contributed by atoms with Crippen molar-refractivity contribution in [3.05, 3.63) is 34.7 Å². The van der Waals surface area contributed by atoms with Crippen molar-refractivity contribution in [2.75, 3.05) is 24.6 Å². The Bertz CT molecular complexity index is 695. The van der Waals surface area contributed by atoms with Gasteiger partial charge in [0.15, 0.2) is 6.29 Å². The minimum absolute atomic E-state index is 0.132. The number of piperidine rings is 1. The molecule has 2 heterocycles. The summed E-state index contributed by atoms with van der Waals surface area (Å²) in [5, 5.41) is 29.1. The molecule has 1 aromatic rings. The summed E-state index contributed by atoms with van der Waals surface area (Å²) in [7, 11) is 0. The highest BCUT2D eigenvalue weighted by Crippen LogP contribution is 2.28. The van der Waals surface area contributed by atoms with Crippen LogP contribution in [0.4, 0.5) is 5.69 Å². The fraction of sp³-hybridized carbons (Fsp3) is 0.550. The molecule has 0 saturated carbocycles. The molecule has 6 nitrogen and oxygen atoms in total. The number of benzene rings is 1. The van der Waals surface area contributed by atoms with Crippen molar-refractivity contribution in [3.8, 4) is 6.07 Å². The van der Waals surface area contributed by atoms with E-state index in [2.05, 4.69) is 40.0 Å². The monoisotopic (exact) mass is 389 g/mol. The molecular weight excluding hydrogens is 362 g/mol. The second kappa shape index (κ2) is 9.58. The van der Waals surface area contributed by atoms with Crippen molar-refractivity contribution in [1.29, 1.82) is 5.26 Å². The first-order valence-electron chi connectivity index (χ1n) is 9.45. The molecule has 2 saturated heterocycles. The van der Waals surface area contributed by atoms with E-state index in [1.165, 1.54) is 36.9 Å². The van der Waals surface area contributed by atoms with Crippen molar-refractivity contribution in [1.82, 2.24) is 4.72 Å². The van der Waals surface area contributed by atoms with Gasteiger partial charge in [-0.3, -0.25) is 4.72 Å². The van der Waals surface area contributed by atoms with Crippen LogP contribution in [0.25, 0.3) is 5.57 Å². The summed E-state index contributed by atoms with van der Waals surface area (Å²) in [5.41, 5.74) is 3.11. The molecule has 0 radical (unpaired) electrons. The SMILES string of the molecule is C/C(=C(/C#N)SN[C@@H]1CC(O)COC1O)c1ccc(N2CCCCC2)cc1. The number of aliphatic hydroxyl groups is 2. The lowest BCUT2D eigenvalue weighted by Crippen LogP contribution is -2.46. The Morgan fingerprint density at radius 2 is 1.93 bits per heavy atom. The maximum atomic E-state index is 9.87. The summed E-state index contributed by atoms with van der Waals surface area (Å²) in [6.45, 7) is 4.27. The van der Waals surface area contributed by atoms with Crippen LogP contribution in [0.5, 0.6) is 0 Å². The molecule has 7 heteroatoms. The zero-order valence-corrected chi connectivity index (χ0v) is 16.4. The minimum Gasteiger partial charge on any atom is -0.391 e. The Morgan fingerprint density at radius 1 is 1.22 bits per heavy atom. The number of hydrogen-bond donors (Lipinski definition) is 3. The van der Waals surface area contributed by atoms with Crippen molar-refractivity contribution in [3.63, 3.8) is 0 Å². The third kappa shape index (κ3) is 5.24. The summed E-state index contributed by atoms with van der Waals surface area (Å²) in [4.78, 5) is 2.94. The van der Waals surface area contributed by atoms with E-state index in [1.54, 1.807) is 0 Å². The van der Waals surface area contributed by atoms with Crippen LogP contribution in [0.15, 0.2) is 29.2 Å². The zero-order valence-electron chi connectivity index (χ0n) is 15.6. The smallest absolute Gasteiger partial charge is 0.171 e. The van der Waals surface area contributed by atoms with E-state index in [0.717, 1.165) is 24.2 Å². The number of nitriles is 1. The van der Waals surface area contributed by atoms with Gasteiger partial charge in [-0.15, -0.1) is 0 Å². The van der Waals surface area contributed by atoms with E-state index < -0.39 is 18.4 Å². The number of rotatable bonds is 5. The molecular formula is C20H27N3O3S. The van der Waals surface area contributed by atoms with Crippen LogP contribution in [-0.4, -0.2) is 48.3 Å². The van der Waals surface area contributed by atoms with Crippen LogP contribution in [0.3, 0.4) is 0 Å². The van der Waals surface area contributed by atoms with Crippen molar-refractivity contribution < 1.29 is 14.9 Å². The Balaban J connectivity index is 1.66. The van der Waals surface area contributed by atoms with Crippen LogP contribution in [-0.2, 0) is 4.74 Å². The maximum Gasteiger partial charge on any atom is 0.171 e. The first-order valence-corrected chi connectivity index (χ1v) is 10.3. The summed E-state index contributed by atoms with van der Waals surface area (Å²) in [5.74, 6) is 0. The quantitative estimate of drug-likeness (QED) is 0.527. The summed E-state index contributed by atoms with van der Waals surface area (Å²) in [6, 6.07) is 10.2. The zero-order chi connectivity index (χ0) is 19.2. The van der Waals surface area contributed by atoms with Crippen LogP contribution >= 0.6 is 11.9 Å². The summed E-state index contributed by atoms with van der Waals surface area (Å²) in [6.07, 6.45) is 2.59. The first-order chi connectivity index (χ1) is 13.1. The van der Waals surface area contributed by atoms with Crippen LogP contribution < -0.4 is 9.62 Å². The molecule has 2 fully saturated rings. The standard InChI is InChI=1S/C20H27N3O3S/c1-14(15-5-7-16(8-6-15)23-9-3-2-4-10-23)19(12-21)27-22-18-11-17(24)13-26-20(18)25/h5-8,17-18,20,22,24-25H,2-4,9-11,13H2,1H3/b19-14+/t17?,18-,20?/m1/s1. The number of nitrogens with one attached hydrogen (secondary N) is 1. The van der Waals surface area contributed by atoms with Gasteiger partial charge in [-0.2, -0.15) is 5.26 Å². The first kappa shape index (κ1) is 20.2. The fourth-order valence-corrected chi connectivity index (χ4v) is 4.23. The second-order valence-corrected chi connectivity index (χ2v) is 7.95. The van der Waals surface area contributed by atoms with Gasteiger partial charge in [-0.1, -0.05) is 12.1 Å². The highest BCUT2D eigenvalue weighted by Gasteiger charge is 2.29. The third-order valence-corrected chi connectivity index (χ3v) is 6.13. The summed E-state index contributed by atoms with van der Waals surface area (Å²) >= 11 is 1.18. The molecule has 0 bridgehead atoms. The Labute approximate surface area is 165 Å². The van der Waals surface area contributed by atoms with E-state index in [1.807, 2.05) is 6.92 Å². The molecule has 2 aliphatic heterocycles. The Kier molecular flexibility index (Phi) is 7.16. The highest BCUT2D eigenvalue weighted by molar-refractivity contribution is 8.01. The van der Waals surface area contributed by atoms with E-state index in [-0.39, 0.29) is 6.61 Å². The van der Waals surface area contributed by atoms with E-state index >= 15 is 0 Å². The average Bonchev–Trinajstić information content (AvgIpc) is 2.71. The normalized spacial score (nSPS) is 27.0. The highest BCUT2D eigenvalue weighted by atomic mass is 32.2. The third-order valence-electron chi connectivity index (χ3n) is 5.11. The molecule has 1 aromatic carbocycles. The van der Waals surface area contributed by atoms with Crippen LogP contribution in [0, 0.1) is 11.3 Å². The van der Waals surface area contributed by atoms with Gasteiger partial charge in [0.25, 0.3) is 0 Å². The van der Waals surface area contributed by atoms with Crippen LogP contribution in [0.1, 0.15) is 38.2 Å². The van der Waals surface area contributed by atoms with E-state index in [4.69, 9.17) is 4.74 Å². The molecule has 0 aromatic heterocycles. The molecule has 2 unspecified atom stereocenters. The predicted molar refractivity (Wildman–Crippen MR) is 108 cm³/mol. The maximum absolute atomic E-state index is 9.87. The molecule has 0 aliphatic carbocycles.